The molecule has 0 bridgehead atoms. The molecule has 1 N–H and O–H groups in total. The molecule has 0 spiro atoms. The Hall–Kier alpha value is -3.92. The maximum atomic E-state index is 13.6. The maximum absolute atomic E-state index is 13.6. The molecule has 3 aromatic carbocycles. The number of benzene rings is 3. The third kappa shape index (κ3) is 5.65. The van der Waals surface area contributed by atoms with E-state index in [4.69, 9.17) is 18.9 Å². The quantitative estimate of drug-likeness (QED) is 0.417. The van der Waals surface area contributed by atoms with Gasteiger partial charge in [-0.25, -0.2) is 8.42 Å². The van der Waals surface area contributed by atoms with Gasteiger partial charge in [0.2, 0.25) is 11.7 Å². The highest BCUT2D eigenvalue weighted by atomic mass is 32.2. The lowest BCUT2D eigenvalue weighted by Crippen LogP contribution is -2.41. The average molecular weight is 515 g/mol. The van der Waals surface area contributed by atoms with Crippen molar-refractivity contribution in [3.63, 3.8) is 0 Å². The molecule has 0 aromatic heterocycles. The van der Waals surface area contributed by atoms with Crippen LogP contribution < -0.4 is 28.6 Å². The molecule has 0 atom stereocenters. The van der Waals surface area contributed by atoms with Gasteiger partial charge >= 0.3 is 0 Å². The summed E-state index contributed by atoms with van der Waals surface area (Å²) >= 11 is 0. The van der Waals surface area contributed by atoms with Crippen LogP contribution in [0.2, 0.25) is 0 Å². The number of nitrogens with zero attached hydrogens (tertiary/aromatic N) is 1. The number of aryl methyl sites for hydroxylation is 1. The molecule has 0 aliphatic carbocycles. The largest absolute Gasteiger partial charge is 0.495 e. The van der Waals surface area contributed by atoms with E-state index in [-0.39, 0.29) is 17.1 Å². The minimum absolute atomic E-state index is 0.0583. The van der Waals surface area contributed by atoms with Gasteiger partial charge < -0.3 is 24.3 Å². The van der Waals surface area contributed by atoms with Crippen molar-refractivity contribution in [2.24, 2.45) is 0 Å². The molecule has 0 saturated heterocycles. The number of hydrogen-bond acceptors (Lipinski definition) is 7. The van der Waals surface area contributed by atoms with Crippen LogP contribution in [0.4, 0.5) is 5.69 Å². The van der Waals surface area contributed by atoms with Crippen molar-refractivity contribution in [3.05, 3.63) is 71.8 Å². The van der Waals surface area contributed by atoms with Gasteiger partial charge in [0.1, 0.15) is 12.3 Å². The summed E-state index contributed by atoms with van der Waals surface area (Å²) in [5, 5.41) is 2.78. The summed E-state index contributed by atoms with van der Waals surface area (Å²) in [6.45, 7) is 1.44. The highest BCUT2D eigenvalue weighted by Crippen LogP contribution is 2.39. The van der Waals surface area contributed by atoms with Crippen molar-refractivity contribution in [3.8, 4) is 23.0 Å². The van der Waals surface area contributed by atoms with E-state index in [0.29, 0.717) is 28.6 Å². The van der Waals surface area contributed by atoms with Crippen molar-refractivity contribution >= 4 is 21.6 Å². The lowest BCUT2D eigenvalue weighted by atomic mass is 10.1. The van der Waals surface area contributed by atoms with Gasteiger partial charge in [-0.1, -0.05) is 24.3 Å². The summed E-state index contributed by atoms with van der Waals surface area (Å²) in [5.41, 5.74) is 1.71. The van der Waals surface area contributed by atoms with Crippen LogP contribution in [-0.2, 0) is 21.4 Å². The molecule has 0 aliphatic rings. The Morgan fingerprint density at radius 1 is 0.833 bits per heavy atom. The molecule has 9 nitrogen and oxygen atoms in total. The Balaban J connectivity index is 1.93. The molecule has 0 saturated carbocycles. The van der Waals surface area contributed by atoms with Gasteiger partial charge in [0.05, 0.1) is 39.0 Å². The van der Waals surface area contributed by atoms with Crippen LogP contribution >= 0.6 is 0 Å². The van der Waals surface area contributed by atoms with E-state index in [0.717, 1.165) is 9.87 Å². The van der Waals surface area contributed by atoms with Crippen molar-refractivity contribution in [2.75, 3.05) is 39.3 Å². The fraction of sp³-hybridized carbons (Fsp3) is 0.269. The number of rotatable bonds is 11. The number of carbonyl (C=O) groups is 1. The van der Waals surface area contributed by atoms with Gasteiger partial charge in [-0.3, -0.25) is 9.10 Å². The number of ether oxygens (including phenoxy) is 4. The zero-order valence-electron chi connectivity index (χ0n) is 20.9. The highest BCUT2D eigenvalue weighted by Gasteiger charge is 2.29. The van der Waals surface area contributed by atoms with Crippen LogP contribution in [0, 0.1) is 6.92 Å². The van der Waals surface area contributed by atoms with Gasteiger partial charge in [-0.2, -0.15) is 0 Å². The van der Waals surface area contributed by atoms with E-state index in [1.165, 1.54) is 40.6 Å². The molecule has 0 unspecified atom stereocenters. The zero-order valence-corrected chi connectivity index (χ0v) is 21.7. The fourth-order valence-electron chi connectivity index (χ4n) is 3.70. The highest BCUT2D eigenvalue weighted by molar-refractivity contribution is 7.92. The molecule has 0 radical (unpaired) electrons. The molecule has 1 amide bonds. The average Bonchev–Trinajstić information content (AvgIpc) is 2.90. The fourth-order valence-corrected chi connectivity index (χ4v) is 5.14. The van der Waals surface area contributed by atoms with Crippen molar-refractivity contribution in [1.82, 2.24) is 5.32 Å². The van der Waals surface area contributed by atoms with E-state index in [9.17, 15) is 13.2 Å². The van der Waals surface area contributed by atoms with Crippen LogP contribution in [0.15, 0.2) is 65.6 Å². The molecule has 10 heteroatoms. The van der Waals surface area contributed by atoms with Gasteiger partial charge in [-0.15, -0.1) is 0 Å². The number of hydrogen-bond donors (Lipinski definition) is 1. The van der Waals surface area contributed by atoms with Crippen LogP contribution in [-0.4, -0.2) is 49.3 Å². The first kappa shape index (κ1) is 26.7. The smallest absolute Gasteiger partial charge is 0.264 e. The Morgan fingerprint density at radius 3 is 2.08 bits per heavy atom. The second-order valence-corrected chi connectivity index (χ2v) is 9.63. The second kappa shape index (κ2) is 11.7. The summed E-state index contributed by atoms with van der Waals surface area (Å²) in [7, 11) is 1.86. The number of nitrogens with one attached hydrogen (secondary N) is 1. The third-order valence-corrected chi connectivity index (χ3v) is 7.26. The molecule has 0 fully saturated rings. The second-order valence-electron chi connectivity index (χ2n) is 7.77. The Bertz CT molecular complexity index is 1310. The van der Waals surface area contributed by atoms with E-state index in [1.807, 2.05) is 6.92 Å². The van der Waals surface area contributed by atoms with Crippen molar-refractivity contribution in [1.29, 1.82) is 0 Å². The standard InChI is InChI=1S/C26H30N2O7S/c1-18-11-13-22(32-2)21(15-18)28(36(30,31)20-9-7-6-8-10-20)17-24(29)27-16-19-12-14-23(33-3)26(35-5)25(19)34-4/h6-15H,16-17H2,1-5H3,(H,27,29). The normalized spacial score (nSPS) is 10.9. The SMILES string of the molecule is COc1ccc(C)cc1N(CC(=O)NCc1ccc(OC)c(OC)c1OC)S(=O)(=O)c1ccccc1. The molecular weight excluding hydrogens is 484 g/mol. The number of anilines is 1. The van der Waals surface area contributed by atoms with E-state index in [1.54, 1.807) is 48.5 Å². The minimum atomic E-state index is -4.08. The lowest BCUT2D eigenvalue weighted by Gasteiger charge is -2.26. The predicted octanol–water partition coefficient (Wildman–Crippen LogP) is 3.54. The van der Waals surface area contributed by atoms with Crippen LogP contribution in [0.1, 0.15) is 11.1 Å². The van der Waals surface area contributed by atoms with Crippen molar-refractivity contribution < 1.29 is 32.2 Å². The first-order valence-electron chi connectivity index (χ1n) is 11.0. The van der Waals surface area contributed by atoms with E-state index in [2.05, 4.69) is 5.32 Å². The first-order chi connectivity index (χ1) is 17.3. The molecule has 3 aromatic rings. The van der Waals surface area contributed by atoms with E-state index >= 15 is 0 Å². The van der Waals surface area contributed by atoms with Gasteiger partial charge in [0.25, 0.3) is 10.0 Å². The van der Waals surface area contributed by atoms with E-state index < -0.39 is 22.5 Å². The number of amides is 1. The third-order valence-electron chi connectivity index (χ3n) is 5.48. The minimum Gasteiger partial charge on any atom is -0.495 e. The predicted molar refractivity (Wildman–Crippen MR) is 137 cm³/mol. The van der Waals surface area contributed by atoms with Gasteiger partial charge in [-0.05, 0) is 48.9 Å². The Morgan fingerprint density at radius 2 is 1.47 bits per heavy atom. The summed E-state index contributed by atoms with van der Waals surface area (Å²) in [5.74, 6) is 1.09. The summed E-state index contributed by atoms with van der Waals surface area (Å²) in [6.07, 6.45) is 0. The van der Waals surface area contributed by atoms with Crippen LogP contribution in [0.5, 0.6) is 23.0 Å². The van der Waals surface area contributed by atoms with Gasteiger partial charge in [0, 0.05) is 12.1 Å². The Kier molecular flexibility index (Phi) is 8.65. The number of carbonyl (C=O) groups excluding carboxylic acids is 1. The monoisotopic (exact) mass is 514 g/mol. The molecule has 192 valence electrons. The topological polar surface area (TPSA) is 103 Å². The van der Waals surface area contributed by atoms with Crippen LogP contribution in [0.25, 0.3) is 0 Å². The van der Waals surface area contributed by atoms with Crippen molar-refractivity contribution in [2.45, 2.75) is 18.4 Å². The lowest BCUT2D eigenvalue weighted by molar-refractivity contribution is -0.119. The molecule has 0 aliphatic heterocycles. The summed E-state index contributed by atoms with van der Waals surface area (Å²) < 4.78 is 49.9. The number of methoxy groups -OCH3 is 4. The molecule has 3 rings (SSSR count). The molecule has 36 heavy (non-hydrogen) atoms. The molecule has 0 heterocycles. The van der Waals surface area contributed by atoms with Crippen LogP contribution in [0.3, 0.4) is 0 Å². The summed E-state index contributed by atoms with van der Waals surface area (Å²) in [6, 6.07) is 16.5. The maximum Gasteiger partial charge on any atom is 0.264 e. The number of sulfonamides is 1. The Labute approximate surface area is 211 Å². The first-order valence-corrected chi connectivity index (χ1v) is 12.5. The zero-order chi connectivity index (χ0) is 26.3. The molecular formula is C26H30N2O7S. The summed E-state index contributed by atoms with van der Waals surface area (Å²) in [4.78, 5) is 13.1. The van der Waals surface area contributed by atoms with Gasteiger partial charge in [0.15, 0.2) is 11.5 Å².